The number of anilines is 1. The van der Waals surface area contributed by atoms with Gasteiger partial charge in [0.2, 0.25) is 0 Å². The third-order valence-electron chi connectivity index (χ3n) is 3.44. The van der Waals surface area contributed by atoms with Crippen molar-refractivity contribution in [2.45, 2.75) is 20.8 Å². The smallest absolute Gasteiger partial charge is 0.344 e. The monoisotopic (exact) mass is 361 g/mol. The summed E-state index contributed by atoms with van der Waals surface area (Å²) in [5, 5.41) is 3.02. The maximum absolute atomic E-state index is 11.8. The topological polar surface area (TPSA) is 64.6 Å². The van der Waals surface area contributed by atoms with Crippen LogP contribution in [0.25, 0.3) is 0 Å². The van der Waals surface area contributed by atoms with Crippen LogP contribution in [0, 0.1) is 20.8 Å². The molecule has 2 aromatic rings. The van der Waals surface area contributed by atoms with Crippen molar-refractivity contribution in [3.05, 3.63) is 58.1 Å². The fraction of sp³-hybridized carbons (Fsp3) is 0.263. The van der Waals surface area contributed by atoms with Crippen molar-refractivity contribution >= 4 is 29.2 Å². The third-order valence-corrected chi connectivity index (χ3v) is 3.75. The van der Waals surface area contributed by atoms with Crippen molar-refractivity contribution in [1.82, 2.24) is 0 Å². The van der Waals surface area contributed by atoms with Crippen LogP contribution in [0.5, 0.6) is 5.75 Å². The molecule has 0 fully saturated rings. The molecule has 0 aliphatic rings. The van der Waals surface area contributed by atoms with Gasteiger partial charge in [-0.2, -0.15) is 0 Å². The van der Waals surface area contributed by atoms with E-state index in [0.29, 0.717) is 16.5 Å². The largest absolute Gasteiger partial charge is 0.482 e. The minimum atomic E-state index is -0.620. The molecule has 0 unspecified atom stereocenters. The summed E-state index contributed by atoms with van der Waals surface area (Å²) in [7, 11) is 0. The SMILES string of the molecule is Cc1ccc(OCC(=O)OCC(=O)Nc2ccc(C)cc2Cl)c(C)c1. The standard InChI is InChI=1S/C19H20ClNO4/c1-12-5-7-17(14(3)8-12)24-11-19(23)25-10-18(22)21-16-6-4-13(2)9-15(16)20/h4-9H,10-11H2,1-3H3,(H,21,22). The minimum absolute atomic E-state index is 0.261. The lowest BCUT2D eigenvalue weighted by Gasteiger charge is -2.10. The molecular weight excluding hydrogens is 342 g/mol. The lowest BCUT2D eigenvalue weighted by atomic mass is 10.1. The summed E-state index contributed by atoms with van der Waals surface area (Å²) in [6.45, 7) is 5.10. The molecule has 1 N–H and O–H groups in total. The number of hydrogen-bond acceptors (Lipinski definition) is 4. The zero-order valence-corrected chi connectivity index (χ0v) is 15.1. The van der Waals surface area contributed by atoms with Crippen LogP contribution in [0.3, 0.4) is 0 Å². The van der Waals surface area contributed by atoms with Crippen molar-refractivity contribution in [2.75, 3.05) is 18.5 Å². The molecule has 2 aromatic carbocycles. The van der Waals surface area contributed by atoms with E-state index in [1.807, 2.05) is 39.0 Å². The maximum Gasteiger partial charge on any atom is 0.344 e. The molecule has 1 amide bonds. The number of carbonyl (C=O) groups is 2. The molecule has 0 aliphatic heterocycles. The van der Waals surface area contributed by atoms with Gasteiger partial charge in [-0.05, 0) is 50.1 Å². The molecule has 5 nitrogen and oxygen atoms in total. The number of nitrogens with one attached hydrogen (secondary N) is 1. The van der Waals surface area contributed by atoms with E-state index in [2.05, 4.69) is 5.32 Å². The van der Waals surface area contributed by atoms with E-state index < -0.39 is 18.5 Å². The Morgan fingerprint density at radius 3 is 2.36 bits per heavy atom. The number of carbonyl (C=O) groups excluding carboxylic acids is 2. The van der Waals surface area contributed by atoms with Gasteiger partial charge in [-0.3, -0.25) is 4.79 Å². The Kier molecular flexibility index (Phi) is 6.42. The van der Waals surface area contributed by atoms with E-state index in [4.69, 9.17) is 21.1 Å². The summed E-state index contributed by atoms with van der Waals surface area (Å²) in [5.74, 6) is -0.478. The number of halogens is 1. The Balaban J connectivity index is 1.78. The van der Waals surface area contributed by atoms with Crippen LogP contribution in [0.4, 0.5) is 5.69 Å². The van der Waals surface area contributed by atoms with Crippen LogP contribution in [0.2, 0.25) is 5.02 Å². The van der Waals surface area contributed by atoms with E-state index in [0.717, 1.165) is 16.7 Å². The first-order chi connectivity index (χ1) is 11.8. The van der Waals surface area contributed by atoms with Gasteiger partial charge in [0.15, 0.2) is 13.2 Å². The van der Waals surface area contributed by atoms with E-state index in [9.17, 15) is 9.59 Å². The number of esters is 1. The van der Waals surface area contributed by atoms with Crippen LogP contribution in [-0.4, -0.2) is 25.1 Å². The highest BCUT2D eigenvalue weighted by molar-refractivity contribution is 6.33. The van der Waals surface area contributed by atoms with Gasteiger partial charge in [-0.1, -0.05) is 35.4 Å². The minimum Gasteiger partial charge on any atom is -0.482 e. The number of amides is 1. The zero-order valence-electron chi connectivity index (χ0n) is 14.4. The lowest BCUT2D eigenvalue weighted by molar-refractivity contribution is -0.149. The van der Waals surface area contributed by atoms with Crippen LogP contribution in [-0.2, 0) is 14.3 Å². The van der Waals surface area contributed by atoms with Gasteiger partial charge < -0.3 is 14.8 Å². The summed E-state index contributed by atoms with van der Waals surface area (Å²) in [5.41, 5.74) is 3.50. The highest BCUT2D eigenvalue weighted by Crippen LogP contribution is 2.22. The molecule has 25 heavy (non-hydrogen) atoms. The molecule has 0 saturated heterocycles. The number of aryl methyl sites for hydroxylation is 3. The van der Waals surface area contributed by atoms with E-state index >= 15 is 0 Å². The van der Waals surface area contributed by atoms with Crippen molar-refractivity contribution in [1.29, 1.82) is 0 Å². The fourth-order valence-corrected chi connectivity index (χ4v) is 2.48. The molecule has 132 valence electrons. The maximum atomic E-state index is 11.8. The van der Waals surface area contributed by atoms with Gasteiger partial charge >= 0.3 is 5.97 Å². The normalized spacial score (nSPS) is 10.2. The predicted molar refractivity (Wildman–Crippen MR) is 97.2 cm³/mol. The van der Waals surface area contributed by atoms with Crippen molar-refractivity contribution in [3.8, 4) is 5.75 Å². The molecule has 0 atom stereocenters. The van der Waals surface area contributed by atoms with Crippen LogP contribution < -0.4 is 10.1 Å². The summed E-state index contributed by atoms with van der Waals surface area (Å²) in [4.78, 5) is 23.5. The van der Waals surface area contributed by atoms with Gasteiger partial charge in [0.1, 0.15) is 5.75 Å². The van der Waals surface area contributed by atoms with Crippen LogP contribution in [0.1, 0.15) is 16.7 Å². The molecule has 0 heterocycles. The van der Waals surface area contributed by atoms with Crippen molar-refractivity contribution in [3.63, 3.8) is 0 Å². The second-order valence-corrected chi connectivity index (χ2v) is 6.16. The Morgan fingerprint density at radius 1 is 1.00 bits per heavy atom. The molecule has 2 rings (SSSR count). The fourth-order valence-electron chi connectivity index (χ4n) is 2.19. The molecule has 0 radical (unpaired) electrons. The highest BCUT2D eigenvalue weighted by atomic mass is 35.5. The molecule has 0 spiro atoms. The Hall–Kier alpha value is -2.53. The first kappa shape index (κ1) is 18.8. The number of ether oxygens (including phenoxy) is 2. The van der Waals surface area contributed by atoms with E-state index in [1.165, 1.54) is 0 Å². The summed E-state index contributed by atoms with van der Waals surface area (Å²) in [6, 6.07) is 10.9. The average Bonchev–Trinajstić information content (AvgIpc) is 2.55. The van der Waals surface area contributed by atoms with Gasteiger partial charge in [-0.15, -0.1) is 0 Å². The van der Waals surface area contributed by atoms with Gasteiger partial charge in [0.25, 0.3) is 5.91 Å². The molecular formula is C19H20ClNO4. The Bertz CT molecular complexity index is 789. The quantitative estimate of drug-likeness (QED) is 0.794. The first-order valence-corrected chi connectivity index (χ1v) is 8.14. The van der Waals surface area contributed by atoms with Crippen molar-refractivity contribution in [2.24, 2.45) is 0 Å². The molecule has 0 aromatic heterocycles. The highest BCUT2D eigenvalue weighted by Gasteiger charge is 2.11. The van der Waals surface area contributed by atoms with E-state index in [1.54, 1.807) is 18.2 Å². The summed E-state index contributed by atoms with van der Waals surface area (Å²) < 4.78 is 10.3. The summed E-state index contributed by atoms with van der Waals surface area (Å²) in [6.07, 6.45) is 0. The molecule has 6 heteroatoms. The van der Waals surface area contributed by atoms with Crippen LogP contribution >= 0.6 is 11.6 Å². The number of benzene rings is 2. The molecule has 0 aliphatic carbocycles. The zero-order chi connectivity index (χ0) is 18.4. The third kappa shape index (κ3) is 5.80. The lowest BCUT2D eigenvalue weighted by Crippen LogP contribution is -2.23. The average molecular weight is 362 g/mol. The van der Waals surface area contributed by atoms with Crippen LogP contribution in [0.15, 0.2) is 36.4 Å². The predicted octanol–water partition coefficient (Wildman–Crippen LogP) is 3.83. The molecule has 0 saturated carbocycles. The summed E-state index contributed by atoms with van der Waals surface area (Å²) >= 11 is 6.04. The van der Waals surface area contributed by atoms with Gasteiger partial charge in [0, 0.05) is 0 Å². The van der Waals surface area contributed by atoms with Gasteiger partial charge in [0.05, 0.1) is 10.7 Å². The second-order valence-electron chi connectivity index (χ2n) is 5.75. The van der Waals surface area contributed by atoms with Crippen molar-refractivity contribution < 1.29 is 19.1 Å². The molecule has 0 bridgehead atoms. The second kappa shape index (κ2) is 8.53. The van der Waals surface area contributed by atoms with E-state index in [-0.39, 0.29) is 6.61 Å². The Morgan fingerprint density at radius 2 is 1.68 bits per heavy atom. The first-order valence-electron chi connectivity index (χ1n) is 7.77. The number of rotatable bonds is 6. The number of hydrogen-bond donors (Lipinski definition) is 1. The van der Waals surface area contributed by atoms with Gasteiger partial charge in [-0.25, -0.2) is 4.79 Å². The Labute approximate surface area is 151 Å².